The average Bonchev–Trinajstić information content (AvgIpc) is 2.75. The molecule has 0 fully saturated rings. The molecular formula is C22H16O12. The zero-order valence-corrected chi connectivity index (χ0v) is 16.8. The van der Waals surface area contributed by atoms with E-state index in [1.165, 1.54) is 0 Å². The number of rotatable bonds is 3. The van der Waals surface area contributed by atoms with Gasteiger partial charge >= 0.3 is 5.97 Å². The van der Waals surface area contributed by atoms with E-state index in [2.05, 4.69) is 0 Å². The molecule has 0 bridgehead atoms. The van der Waals surface area contributed by atoms with E-state index >= 15 is 0 Å². The molecule has 8 N–H and O–H groups in total. The van der Waals surface area contributed by atoms with Crippen molar-refractivity contribution in [2.75, 3.05) is 0 Å². The minimum absolute atomic E-state index is 0.121. The van der Waals surface area contributed by atoms with Crippen LogP contribution < -0.4 is 9.47 Å². The topological polar surface area (TPSA) is 214 Å². The van der Waals surface area contributed by atoms with Crippen LogP contribution in [-0.4, -0.2) is 58.7 Å². The lowest BCUT2D eigenvalue weighted by molar-refractivity contribution is 0.0209. The molecule has 3 aromatic rings. The van der Waals surface area contributed by atoms with Crippen LogP contribution in [0.25, 0.3) is 0 Å². The van der Waals surface area contributed by atoms with E-state index in [9.17, 15) is 50.4 Å². The Balaban J connectivity index is 1.65. The van der Waals surface area contributed by atoms with Crippen molar-refractivity contribution in [2.24, 2.45) is 0 Å². The number of fused-ring (bicyclic) bond motifs is 1. The maximum absolute atomic E-state index is 12.5. The molecule has 12 nitrogen and oxygen atoms in total. The molecule has 0 saturated heterocycles. The second-order valence-corrected chi connectivity index (χ2v) is 7.33. The first-order valence-corrected chi connectivity index (χ1v) is 9.45. The van der Waals surface area contributed by atoms with Gasteiger partial charge in [0.25, 0.3) is 0 Å². The van der Waals surface area contributed by atoms with E-state index in [4.69, 9.17) is 9.47 Å². The third kappa shape index (κ3) is 3.67. The molecule has 12 heteroatoms. The number of esters is 1. The number of carbonyl (C=O) groups is 2. The van der Waals surface area contributed by atoms with Crippen molar-refractivity contribution >= 4 is 11.8 Å². The van der Waals surface area contributed by atoms with Crippen molar-refractivity contribution in [2.45, 2.75) is 12.2 Å². The van der Waals surface area contributed by atoms with Gasteiger partial charge in [-0.25, -0.2) is 4.79 Å². The Morgan fingerprint density at radius 3 is 1.97 bits per heavy atom. The first kappa shape index (κ1) is 22.4. The molecule has 0 amide bonds. The number of ether oxygens (including phenoxy) is 2. The molecule has 1 heterocycles. The summed E-state index contributed by atoms with van der Waals surface area (Å²) in [7, 11) is 0. The quantitative estimate of drug-likeness (QED) is 0.155. The number of carbonyl (C=O) groups excluding carboxylic acids is 2. The number of aliphatic hydroxyl groups is 1. The smallest absolute Gasteiger partial charge is 0.344 e. The van der Waals surface area contributed by atoms with Crippen molar-refractivity contribution in [1.82, 2.24) is 0 Å². The fourth-order valence-corrected chi connectivity index (χ4v) is 3.43. The molecule has 0 aromatic heterocycles. The van der Waals surface area contributed by atoms with Crippen molar-refractivity contribution in [3.05, 3.63) is 53.1 Å². The van der Waals surface area contributed by atoms with Gasteiger partial charge in [0.15, 0.2) is 41.0 Å². The van der Waals surface area contributed by atoms with Gasteiger partial charge in [0.1, 0.15) is 22.8 Å². The van der Waals surface area contributed by atoms with Crippen molar-refractivity contribution in [3.63, 3.8) is 0 Å². The highest BCUT2D eigenvalue weighted by Gasteiger charge is 2.40. The summed E-state index contributed by atoms with van der Waals surface area (Å²) in [6, 6.07) is 5.34. The Bertz CT molecular complexity index is 1300. The van der Waals surface area contributed by atoms with Crippen LogP contribution in [0.3, 0.4) is 0 Å². The number of hydrogen-bond donors (Lipinski definition) is 8. The summed E-state index contributed by atoms with van der Waals surface area (Å²) in [5.74, 6) is -8.29. The Kier molecular flexibility index (Phi) is 5.22. The molecule has 34 heavy (non-hydrogen) atoms. The standard InChI is InChI=1S/C22H16O12/c23-9-5-10(24)16-15(6-9)33-20(19(31)18(16)30)7-1-13(27)21(14(28)2-7)34-22(32)8-3-11(25)17(29)12(26)4-8/h1-6,19-20,23-29,31H/t19-,20+/m0/s1. The van der Waals surface area contributed by atoms with Crippen LogP contribution in [0.15, 0.2) is 36.4 Å². The third-order valence-electron chi connectivity index (χ3n) is 5.02. The molecule has 0 spiro atoms. The highest BCUT2D eigenvalue weighted by Crippen LogP contribution is 2.45. The summed E-state index contributed by atoms with van der Waals surface area (Å²) >= 11 is 0. The first-order chi connectivity index (χ1) is 16.0. The fraction of sp³-hybridized carbons (Fsp3) is 0.0909. The Morgan fingerprint density at radius 1 is 0.794 bits per heavy atom. The molecule has 0 radical (unpaired) electrons. The second-order valence-electron chi connectivity index (χ2n) is 7.33. The van der Waals surface area contributed by atoms with Crippen LogP contribution in [-0.2, 0) is 0 Å². The van der Waals surface area contributed by atoms with Crippen molar-refractivity contribution < 1.29 is 59.9 Å². The lowest BCUT2D eigenvalue weighted by Crippen LogP contribution is -2.36. The van der Waals surface area contributed by atoms with Crippen LogP contribution in [0.5, 0.6) is 51.7 Å². The summed E-state index contributed by atoms with van der Waals surface area (Å²) < 4.78 is 10.4. The van der Waals surface area contributed by atoms with Crippen molar-refractivity contribution in [3.8, 4) is 51.7 Å². The monoisotopic (exact) mass is 472 g/mol. The highest BCUT2D eigenvalue weighted by atomic mass is 16.5. The van der Waals surface area contributed by atoms with Crippen LogP contribution in [0, 0.1) is 0 Å². The molecule has 0 saturated carbocycles. The Morgan fingerprint density at radius 2 is 1.38 bits per heavy atom. The molecule has 176 valence electrons. The van der Waals surface area contributed by atoms with Crippen molar-refractivity contribution in [1.29, 1.82) is 0 Å². The number of phenols is 7. The van der Waals surface area contributed by atoms with Crippen LogP contribution in [0.4, 0.5) is 0 Å². The number of Topliss-reactive ketones (excluding diaryl/α,β-unsaturated/α-hetero) is 1. The number of ketones is 1. The number of aliphatic hydroxyl groups excluding tert-OH is 1. The van der Waals surface area contributed by atoms with E-state index in [-0.39, 0.29) is 16.9 Å². The molecule has 3 aromatic carbocycles. The molecular weight excluding hydrogens is 456 g/mol. The zero-order chi connectivity index (χ0) is 24.9. The molecule has 1 aliphatic rings. The minimum Gasteiger partial charge on any atom is -0.508 e. The van der Waals surface area contributed by atoms with Gasteiger partial charge in [-0.15, -0.1) is 0 Å². The average molecular weight is 472 g/mol. The van der Waals surface area contributed by atoms with E-state index in [1.807, 2.05) is 0 Å². The third-order valence-corrected chi connectivity index (χ3v) is 5.02. The van der Waals surface area contributed by atoms with E-state index in [1.54, 1.807) is 0 Å². The van der Waals surface area contributed by atoms with Gasteiger partial charge in [-0.3, -0.25) is 4.79 Å². The summed E-state index contributed by atoms with van der Waals surface area (Å²) in [5.41, 5.74) is -0.909. The van der Waals surface area contributed by atoms with E-state index < -0.39 is 75.5 Å². The summed E-state index contributed by atoms with van der Waals surface area (Å²) in [5, 5.41) is 78.9. The molecule has 2 atom stereocenters. The van der Waals surface area contributed by atoms with E-state index in [0.717, 1.165) is 36.4 Å². The van der Waals surface area contributed by atoms with Gasteiger partial charge in [0.2, 0.25) is 11.5 Å². The first-order valence-electron chi connectivity index (χ1n) is 9.45. The highest BCUT2D eigenvalue weighted by molar-refractivity contribution is 6.05. The van der Waals surface area contributed by atoms with Crippen LogP contribution in [0.1, 0.15) is 32.4 Å². The van der Waals surface area contributed by atoms with Gasteiger partial charge in [-0.2, -0.15) is 0 Å². The number of hydrogen-bond acceptors (Lipinski definition) is 12. The van der Waals surface area contributed by atoms with Gasteiger partial charge in [-0.1, -0.05) is 0 Å². The lowest BCUT2D eigenvalue weighted by atomic mass is 9.92. The van der Waals surface area contributed by atoms with Gasteiger partial charge in [0.05, 0.1) is 5.56 Å². The SMILES string of the molecule is O=C(Oc1c(O)cc([C@H]2Oc3cc(O)cc(O)c3C(=O)[C@@H]2O)cc1O)c1cc(O)c(O)c(O)c1. The van der Waals surface area contributed by atoms with Gasteiger partial charge in [-0.05, 0) is 24.3 Å². The maximum atomic E-state index is 12.5. The minimum atomic E-state index is -1.86. The van der Waals surface area contributed by atoms with Crippen LogP contribution >= 0.6 is 0 Å². The maximum Gasteiger partial charge on any atom is 0.344 e. The van der Waals surface area contributed by atoms with E-state index in [0.29, 0.717) is 0 Å². The molecule has 0 unspecified atom stereocenters. The molecule has 1 aliphatic heterocycles. The molecule has 4 rings (SSSR count). The predicted octanol–water partition coefficient (Wildman–Crippen LogP) is 1.52. The molecule has 0 aliphatic carbocycles. The Labute approximate surface area is 189 Å². The zero-order valence-electron chi connectivity index (χ0n) is 16.8. The number of aromatic hydroxyl groups is 7. The predicted molar refractivity (Wildman–Crippen MR) is 110 cm³/mol. The second kappa shape index (κ2) is 7.94. The summed E-state index contributed by atoms with van der Waals surface area (Å²) in [6.07, 6.45) is -3.34. The van der Waals surface area contributed by atoms with Gasteiger partial charge in [0, 0.05) is 17.7 Å². The normalized spacial score (nSPS) is 17.0. The number of benzene rings is 3. The summed E-state index contributed by atoms with van der Waals surface area (Å²) in [4.78, 5) is 24.8. The van der Waals surface area contributed by atoms with Gasteiger partial charge < -0.3 is 50.3 Å². The fourth-order valence-electron chi connectivity index (χ4n) is 3.43. The lowest BCUT2D eigenvalue weighted by Gasteiger charge is -2.30. The summed E-state index contributed by atoms with van der Waals surface area (Å²) in [6.45, 7) is 0. The Hall–Kier alpha value is -4.84. The van der Waals surface area contributed by atoms with Crippen LogP contribution in [0.2, 0.25) is 0 Å². The number of phenolic OH excluding ortho intramolecular Hbond substituents is 7. The largest absolute Gasteiger partial charge is 0.508 e.